The molecule has 0 bridgehead atoms. The Hall–Kier alpha value is -3.29. The Bertz CT molecular complexity index is 1070. The molecule has 1 saturated heterocycles. The van der Waals surface area contributed by atoms with Crippen molar-refractivity contribution in [2.24, 2.45) is 11.7 Å². The van der Waals surface area contributed by atoms with E-state index in [1.807, 2.05) is 60.7 Å². The van der Waals surface area contributed by atoms with Crippen molar-refractivity contribution in [3.05, 3.63) is 72.4 Å². The average molecular weight is 432 g/mol. The molecule has 0 saturated carbocycles. The van der Waals surface area contributed by atoms with E-state index in [0.717, 1.165) is 23.0 Å². The van der Waals surface area contributed by atoms with Gasteiger partial charge in [-0.05, 0) is 56.0 Å². The highest BCUT2D eigenvalue weighted by Crippen LogP contribution is 2.17. The first-order chi connectivity index (χ1) is 15.6. The van der Waals surface area contributed by atoms with Crippen LogP contribution in [0.4, 0.5) is 5.69 Å². The minimum Gasteiger partial charge on any atom is -0.343 e. The molecule has 2 aromatic carbocycles. The second-order valence-corrected chi connectivity index (χ2v) is 8.29. The number of hydrogen-bond donors (Lipinski definition) is 4. The number of para-hydroxylation sites is 1. The summed E-state index contributed by atoms with van der Waals surface area (Å²) in [5.41, 5.74) is 8.33. The van der Waals surface area contributed by atoms with Gasteiger partial charge in [-0.1, -0.05) is 48.5 Å². The smallest absolute Gasteiger partial charge is 0.247 e. The third-order valence-corrected chi connectivity index (χ3v) is 5.93. The van der Waals surface area contributed by atoms with Gasteiger partial charge in [-0.25, -0.2) is 0 Å². The SMILES string of the molecule is NC[C@H]1CN[C@H](C(=O)N[C@H](CCc2ccccc2)C(=O)Nc2cnc3ccccc3c2)C1. The molecule has 0 radical (unpaired) electrons. The number of aromatic nitrogens is 1. The van der Waals surface area contributed by atoms with Crippen LogP contribution >= 0.6 is 0 Å². The van der Waals surface area contributed by atoms with Crippen LogP contribution in [-0.2, 0) is 16.0 Å². The van der Waals surface area contributed by atoms with Crippen molar-refractivity contribution in [1.29, 1.82) is 0 Å². The van der Waals surface area contributed by atoms with E-state index in [1.54, 1.807) is 6.20 Å². The summed E-state index contributed by atoms with van der Waals surface area (Å²) in [6, 6.07) is 18.6. The molecule has 1 aliphatic rings. The monoisotopic (exact) mass is 431 g/mol. The fraction of sp³-hybridized carbons (Fsp3) is 0.320. The van der Waals surface area contributed by atoms with Crippen LogP contribution in [-0.4, -0.2) is 42.0 Å². The van der Waals surface area contributed by atoms with E-state index in [9.17, 15) is 9.59 Å². The minimum atomic E-state index is -0.659. The summed E-state index contributed by atoms with van der Waals surface area (Å²) in [5, 5.41) is 10.0. The van der Waals surface area contributed by atoms with Gasteiger partial charge in [-0.15, -0.1) is 0 Å². The lowest BCUT2D eigenvalue weighted by atomic mass is 10.0. The number of anilines is 1. The van der Waals surface area contributed by atoms with Gasteiger partial charge in [0.05, 0.1) is 23.4 Å². The number of nitrogens with two attached hydrogens (primary N) is 1. The zero-order valence-electron chi connectivity index (χ0n) is 18.0. The number of nitrogens with zero attached hydrogens (tertiary/aromatic N) is 1. The van der Waals surface area contributed by atoms with Gasteiger partial charge in [0.2, 0.25) is 11.8 Å². The number of carbonyl (C=O) groups is 2. The van der Waals surface area contributed by atoms with E-state index in [-0.39, 0.29) is 23.8 Å². The molecule has 2 heterocycles. The molecule has 0 aliphatic carbocycles. The Morgan fingerprint density at radius 3 is 2.69 bits per heavy atom. The number of carbonyl (C=O) groups excluding carboxylic acids is 2. The van der Waals surface area contributed by atoms with Crippen molar-refractivity contribution in [3.8, 4) is 0 Å². The fourth-order valence-electron chi connectivity index (χ4n) is 4.05. The Balaban J connectivity index is 1.46. The lowest BCUT2D eigenvalue weighted by Gasteiger charge is -2.21. The number of benzene rings is 2. The third-order valence-electron chi connectivity index (χ3n) is 5.93. The number of rotatable bonds is 8. The maximum atomic E-state index is 13.1. The van der Waals surface area contributed by atoms with E-state index in [4.69, 9.17) is 5.73 Å². The van der Waals surface area contributed by atoms with Crippen LogP contribution in [0.3, 0.4) is 0 Å². The molecule has 7 nitrogen and oxygen atoms in total. The van der Waals surface area contributed by atoms with Gasteiger partial charge < -0.3 is 21.7 Å². The number of nitrogens with one attached hydrogen (secondary N) is 3. The first-order valence-corrected chi connectivity index (χ1v) is 11.1. The Labute approximate surface area is 187 Å². The molecular formula is C25H29N5O2. The molecule has 1 aliphatic heterocycles. The van der Waals surface area contributed by atoms with Gasteiger partial charge in [-0.3, -0.25) is 14.6 Å². The fourth-order valence-corrected chi connectivity index (χ4v) is 4.05. The van der Waals surface area contributed by atoms with Crippen molar-refractivity contribution < 1.29 is 9.59 Å². The molecule has 4 rings (SSSR count). The van der Waals surface area contributed by atoms with Crippen molar-refractivity contribution >= 4 is 28.4 Å². The molecular weight excluding hydrogens is 402 g/mol. The molecule has 3 aromatic rings. The number of amides is 2. The van der Waals surface area contributed by atoms with Crippen LogP contribution in [0.5, 0.6) is 0 Å². The summed E-state index contributed by atoms with van der Waals surface area (Å²) in [6.45, 7) is 1.27. The maximum absolute atomic E-state index is 13.1. The molecule has 0 spiro atoms. The zero-order chi connectivity index (χ0) is 22.3. The summed E-state index contributed by atoms with van der Waals surface area (Å²) in [7, 11) is 0. The molecule has 2 amide bonds. The second-order valence-electron chi connectivity index (χ2n) is 8.29. The van der Waals surface area contributed by atoms with Crippen LogP contribution in [0, 0.1) is 5.92 Å². The van der Waals surface area contributed by atoms with Crippen LogP contribution < -0.4 is 21.7 Å². The summed E-state index contributed by atoms with van der Waals surface area (Å²) in [5.74, 6) is -0.128. The molecule has 0 unspecified atom stereocenters. The van der Waals surface area contributed by atoms with E-state index in [2.05, 4.69) is 20.9 Å². The zero-order valence-corrected chi connectivity index (χ0v) is 18.0. The second kappa shape index (κ2) is 10.3. The number of fused-ring (bicyclic) bond motifs is 1. The normalized spacial score (nSPS) is 18.9. The first kappa shape index (κ1) is 21.9. The standard InChI is InChI=1S/C25H29N5O2/c26-14-18-12-23(27-15-18)25(32)30-22(11-10-17-6-2-1-3-7-17)24(31)29-20-13-19-8-4-5-9-21(19)28-16-20/h1-9,13,16,18,22-23,27H,10-12,14-15,26H2,(H,29,31)(H,30,32)/t18-,22+,23-/m0/s1. The maximum Gasteiger partial charge on any atom is 0.247 e. The van der Waals surface area contributed by atoms with Gasteiger partial charge in [0.25, 0.3) is 0 Å². The van der Waals surface area contributed by atoms with Gasteiger partial charge in [0.1, 0.15) is 6.04 Å². The summed E-state index contributed by atoms with van der Waals surface area (Å²) in [6.07, 6.45) is 3.50. The highest BCUT2D eigenvalue weighted by molar-refractivity contribution is 5.99. The molecule has 166 valence electrons. The number of hydrogen-bond acceptors (Lipinski definition) is 5. The summed E-state index contributed by atoms with van der Waals surface area (Å²) < 4.78 is 0. The highest BCUT2D eigenvalue weighted by atomic mass is 16.2. The van der Waals surface area contributed by atoms with Gasteiger partial charge in [-0.2, -0.15) is 0 Å². The molecule has 3 atom stereocenters. The van der Waals surface area contributed by atoms with Crippen LogP contribution in [0.1, 0.15) is 18.4 Å². The van der Waals surface area contributed by atoms with Crippen LogP contribution in [0.15, 0.2) is 66.9 Å². The van der Waals surface area contributed by atoms with E-state index in [0.29, 0.717) is 31.5 Å². The molecule has 1 fully saturated rings. The van der Waals surface area contributed by atoms with Crippen molar-refractivity contribution in [1.82, 2.24) is 15.6 Å². The molecule has 7 heteroatoms. The quantitative estimate of drug-likeness (QED) is 0.437. The highest BCUT2D eigenvalue weighted by Gasteiger charge is 2.31. The summed E-state index contributed by atoms with van der Waals surface area (Å²) >= 11 is 0. The lowest BCUT2D eigenvalue weighted by molar-refractivity contribution is -0.127. The Morgan fingerprint density at radius 2 is 1.91 bits per heavy atom. The minimum absolute atomic E-state index is 0.161. The van der Waals surface area contributed by atoms with Gasteiger partial charge >= 0.3 is 0 Å². The van der Waals surface area contributed by atoms with E-state index >= 15 is 0 Å². The van der Waals surface area contributed by atoms with Crippen LogP contribution in [0.2, 0.25) is 0 Å². The predicted octanol–water partition coefficient (Wildman–Crippen LogP) is 2.23. The number of aryl methyl sites for hydroxylation is 1. The molecule has 5 N–H and O–H groups in total. The molecule has 1 aromatic heterocycles. The van der Waals surface area contributed by atoms with Gasteiger partial charge in [0.15, 0.2) is 0 Å². The van der Waals surface area contributed by atoms with Crippen LogP contribution in [0.25, 0.3) is 10.9 Å². The molecule has 32 heavy (non-hydrogen) atoms. The van der Waals surface area contributed by atoms with Crippen molar-refractivity contribution in [2.45, 2.75) is 31.3 Å². The largest absolute Gasteiger partial charge is 0.343 e. The predicted molar refractivity (Wildman–Crippen MR) is 126 cm³/mol. The van der Waals surface area contributed by atoms with Crippen molar-refractivity contribution in [2.75, 3.05) is 18.4 Å². The first-order valence-electron chi connectivity index (χ1n) is 11.1. The third kappa shape index (κ3) is 5.49. The summed E-state index contributed by atoms with van der Waals surface area (Å²) in [4.78, 5) is 30.4. The van der Waals surface area contributed by atoms with E-state index in [1.165, 1.54) is 0 Å². The van der Waals surface area contributed by atoms with Crippen molar-refractivity contribution in [3.63, 3.8) is 0 Å². The Morgan fingerprint density at radius 1 is 1.12 bits per heavy atom. The van der Waals surface area contributed by atoms with E-state index < -0.39 is 6.04 Å². The average Bonchev–Trinajstić information content (AvgIpc) is 3.32. The number of pyridine rings is 1. The van der Waals surface area contributed by atoms with Gasteiger partial charge in [0, 0.05) is 5.39 Å². The topological polar surface area (TPSA) is 109 Å². The lowest BCUT2D eigenvalue weighted by Crippen LogP contribution is -2.50. The Kier molecular flexibility index (Phi) is 7.09.